The maximum absolute atomic E-state index is 12.4. The van der Waals surface area contributed by atoms with Gasteiger partial charge in [0.25, 0.3) is 5.91 Å². The van der Waals surface area contributed by atoms with Crippen LogP contribution in [0.4, 0.5) is 0 Å². The van der Waals surface area contributed by atoms with Crippen molar-refractivity contribution >= 4 is 33.5 Å². The summed E-state index contributed by atoms with van der Waals surface area (Å²) in [5.74, 6) is -1.10. The van der Waals surface area contributed by atoms with Crippen molar-refractivity contribution in [3.05, 3.63) is 28.8 Å². The number of nitrogens with one attached hydrogen (secondary N) is 1. The average molecular weight is 417 g/mol. The molecule has 1 aliphatic rings. The number of carbonyl (C=O) groups excluding carboxylic acids is 2. The summed E-state index contributed by atoms with van der Waals surface area (Å²) in [7, 11) is -3.82. The standard InChI is InChI=1S/C18H25ClN2O5S/c1-11(2)21(12(3)4)17(22)10-26-18(23)13-5-8-15(19)16(9-13)27(24,25)20-14-6-7-14/h5,8-9,11-12,14,20H,6-7,10H2,1-4H3. The Kier molecular flexibility index (Phi) is 6.88. The summed E-state index contributed by atoms with van der Waals surface area (Å²) in [6, 6.07) is 3.72. The lowest BCUT2D eigenvalue weighted by Crippen LogP contribution is -2.44. The second kappa shape index (κ2) is 8.58. The van der Waals surface area contributed by atoms with Gasteiger partial charge in [-0.3, -0.25) is 4.79 Å². The molecule has 1 amide bonds. The Labute approximate surface area is 165 Å². The van der Waals surface area contributed by atoms with Gasteiger partial charge >= 0.3 is 5.97 Å². The number of hydrogen-bond donors (Lipinski definition) is 1. The predicted molar refractivity (Wildman–Crippen MR) is 102 cm³/mol. The molecule has 1 N–H and O–H groups in total. The molecule has 0 atom stereocenters. The van der Waals surface area contributed by atoms with Crippen molar-refractivity contribution in [2.75, 3.05) is 6.61 Å². The minimum absolute atomic E-state index is 0.0153. The van der Waals surface area contributed by atoms with Crippen molar-refractivity contribution in [1.29, 1.82) is 0 Å². The minimum Gasteiger partial charge on any atom is -0.452 e. The molecule has 0 saturated heterocycles. The van der Waals surface area contributed by atoms with Crippen LogP contribution in [-0.4, -0.2) is 49.9 Å². The summed E-state index contributed by atoms with van der Waals surface area (Å²) < 4.78 is 32.4. The first kappa shape index (κ1) is 21.7. The molecular weight excluding hydrogens is 392 g/mol. The van der Waals surface area contributed by atoms with E-state index in [1.165, 1.54) is 18.2 Å². The summed E-state index contributed by atoms with van der Waals surface area (Å²) in [4.78, 5) is 26.0. The Morgan fingerprint density at radius 2 is 1.81 bits per heavy atom. The number of hydrogen-bond acceptors (Lipinski definition) is 5. The van der Waals surface area contributed by atoms with Crippen molar-refractivity contribution < 1.29 is 22.7 Å². The quantitative estimate of drug-likeness (QED) is 0.657. The van der Waals surface area contributed by atoms with E-state index in [2.05, 4.69) is 4.72 Å². The van der Waals surface area contributed by atoms with Gasteiger partial charge < -0.3 is 9.64 Å². The molecule has 0 unspecified atom stereocenters. The monoisotopic (exact) mass is 416 g/mol. The van der Waals surface area contributed by atoms with E-state index in [4.69, 9.17) is 16.3 Å². The van der Waals surface area contributed by atoms with Crippen molar-refractivity contribution in [3.63, 3.8) is 0 Å². The fourth-order valence-corrected chi connectivity index (χ4v) is 4.61. The summed E-state index contributed by atoms with van der Waals surface area (Å²) in [6.07, 6.45) is 1.56. The third-order valence-electron chi connectivity index (χ3n) is 4.08. The Morgan fingerprint density at radius 3 is 2.33 bits per heavy atom. The number of amides is 1. The van der Waals surface area contributed by atoms with Crippen LogP contribution in [0, 0.1) is 0 Å². The number of benzene rings is 1. The molecule has 1 aromatic rings. The normalized spacial score (nSPS) is 14.5. The lowest BCUT2D eigenvalue weighted by molar-refractivity contribution is -0.138. The molecular formula is C18H25ClN2O5S. The first-order chi connectivity index (χ1) is 12.5. The second-order valence-corrected chi connectivity index (χ2v) is 9.20. The highest BCUT2D eigenvalue weighted by Gasteiger charge is 2.30. The topological polar surface area (TPSA) is 92.8 Å². The molecule has 27 heavy (non-hydrogen) atoms. The highest BCUT2D eigenvalue weighted by molar-refractivity contribution is 7.89. The zero-order valence-electron chi connectivity index (χ0n) is 15.9. The third kappa shape index (κ3) is 5.67. The summed E-state index contributed by atoms with van der Waals surface area (Å²) in [6.45, 7) is 7.10. The van der Waals surface area contributed by atoms with Crippen LogP contribution in [0.15, 0.2) is 23.1 Å². The summed E-state index contributed by atoms with van der Waals surface area (Å²) in [5, 5.41) is 0.0153. The molecule has 1 aliphatic carbocycles. The van der Waals surface area contributed by atoms with Crippen molar-refractivity contribution in [2.45, 2.75) is 63.6 Å². The van der Waals surface area contributed by atoms with Crippen molar-refractivity contribution in [3.8, 4) is 0 Å². The van der Waals surface area contributed by atoms with E-state index in [-0.39, 0.29) is 39.5 Å². The molecule has 1 aromatic carbocycles. The van der Waals surface area contributed by atoms with Gasteiger partial charge in [0.2, 0.25) is 10.0 Å². The maximum Gasteiger partial charge on any atom is 0.338 e. The number of halogens is 1. The van der Waals surface area contributed by atoms with E-state index in [9.17, 15) is 18.0 Å². The first-order valence-electron chi connectivity index (χ1n) is 8.83. The molecule has 1 saturated carbocycles. The van der Waals surface area contributed by atoms with Crippen molar-refractivity contribution in [1.82, 2.24) is 9.62 Å². The number of carbonyl (C=O) groups is 2. The minimum atomic E-state index is -3.82. The molecule has 2 rings (SSSR count). The maximum atomic E-state index is 12.4. The number of rotatable bonds is 8. The number of esters is 1. The molecule has 0 radical (unpaired) electrons. The van der Waals surface area contributed by atoms with Gasteiger partial charge in [0.15, 0.2) is 6.61 Å². The van der Waals surface area contributed by atoms with E-state index in [1.54, 1.807) is 4.90 Å². The molecule has 0 bridgehead atoms. The lowest BCUT2D eigenvalue weighted by atomic mass is 10.2. The van der Waals surface area contributed by atoms with E-state index < -0.39 is 22.6 Å². The number of nitrogens with zero attached hydrogens (tertiary/aromatic N) is 1. The van der Waals surface area contributed by atoms with Crippen LogP contribution in [0.2, 0.25) is 5.02 Å². The van der Waals surface area contributed by atoms with Crippen molar-refractivity contribution in [2.24, 2.45) is 0 Å². The van der Waals surface area contributed by atoms with Gasteiger partial charge in [-0.25, -0.2) is 17.9 Å². The van der Waals surface area contributed by atoms with Crippen LogP contribution in [0.1, 0.15) is 50.9 Å². The van der Waals surface area contributed by atoms with Crippen LogP contribution < -0.4 is 4.72 Å². The Balaban J connectivity index is 2.10. The molecule has 0 aliphatic heterocycles. The van der Waals surface area contributed by atoms with E-state index in [0.29, 0.717) is 0 Å². The Hall–Kier alpha value is -1.64. The zero-order chi connectivity index (χ0) is 20.4. The third-order valence-corrected chi connectivity index (χ3v) is 6.09. The van der Waals surface area contributed by atoms with Gasteiger partial charge in [-0.1, -0.05) is 11.6 Å². The molecule has 9 heteroatoms. The van der Waals surface area contributed by atoms with Crippen LogP contribution in [0.5, 0.6) is 0 Å². The molecule has 0 heterocycles. The number of ether oxygens (including phenoxy) is 1. The van der Waals surface area contributed by atoms with Gasteiger partial charge in [-0.05, 0) is 58.7 Å². The molecule has 150 valence electrons. The zero-order valence-corrected chi connectivity index (χ0v) is 17.4. The van der Waals surface area contributed by atoms with Gasteiger partial charge in [0.05, 0.1) is 10.6 Å². The molecule has 7 nitrogen and oxygen atoms in total. The van der Waals surface area contributed by atoms with Gasteiger partial charge in [-0.2, -0.15) is 0 Å². The molecule has 0 spiro atoms. The highest BCUT2D eigenvalue weighted by atomic mass is 35.5. The van der Waals surface area contributed by atoms with Gasteiger partial charge in [0.1, 0.15) is 4.90 Å². The summed E-state index contributed by atoms with van der Waals surface area (Å²) in [5.41, 5.74) is 0.0176. The largest absolute Gasteiger partial charge is 0.452 e. The van der Waals surface area contributed by atoms with E-state index >= 15 is 0 Å². The highest BCUT2D eigenvalue weighted by Crippen LogP contribution is 2.27. The molecule has 0 aromatic heterocycles. The second-order valence-electron chi connectivity index (χ2n) is 7.11. The Bertz CT molecular complexity index is 811. The fourth-order valence-electron chi connectivity index (χ4n) is 2.78. The summed E-state index contributed by atoms with van der Waals surface area (Å²) >= 11 is 6.00. The Morgan fingerprint density at radius 1 is 1.22 bits per heavy atom. The fraction of sp³-hybridized carbons (Fsp3) is 0.556. The predicted octanol–water partition coefficient (Wildman–Crippen LogP) is 2.58. The van der Waals surface area contributed by atoms with E-state index in [1.807, 2.05) is 27.7 Å². The smallest absolute Gasteiger partial charge is 0.338 e. The average Bonchev–Trinajstić information content (AvgIpc) is 3.35. The van der Waals surface area contributed by atoms with Crippen LogP contribution in [0.3, 0.4) is 0 Å². The lowest BCUT2D eigenvalue weighted by Gasteiger charge is -2.30. The number of sulfonamides is 1. The van der Waals surface area contributed by atoms with E-state index in [0.717, 1.165) is 12.8 Å². The van der Waals surface area contributed by atoms with Gasteiger partial charge in [0, 0.05) is 18.1 Å². The van der Waals surface area contributed by atoms with Crippen LogP contribution >= 0.6 is 11.6 Å². The first-order valence-corrected chi connectivity index (χ1v) is 10.7. The van der Waals surface area contributed by atoms with Crippen LogP contribution in [0.25, 0.3) is 0 Å². The SMILES string of the molecule is CC(C)N(C(=O)COC(=O)c1ccc(Cl)c(S(=O)(=O)NC2CC2)c1)C(C)C. The van der Waals surface area contributed by atoms with Crippen LogP contribution in [-0.2, 0) is 19.6 Å². The molecule has 1 fully saturated rings. The van der Waals surface area contributed by atoms with Gasteiger partial charge in [-0.15, -0.1) is 0 Å².